The van der Waals surface area contributed by atoms with Gasteiger partial charge in [0.05, 0.1) is 13.0 Å². The quantitative estimate of drug-likeness (QED) is 0.725. The number of hydrogen-bond acceptors (Lipinski definition) is 4. The van der Waals surface area contributed by atoms with Gasteiger partial charge in [0.2, 0.25) is 0 Å². The number of ether oxygens (including phenoxy) is 1. The van der Waals surface area contributed by atoms with Crippen LogP contribution in [-0.2, 0) is 14.3 Å². The van der Waals surface area contributed by atoms with Crippen LogP contribution >= 0.6 is 0 Å². The number of carboxylic acid groups (broad SMARTS) is 1. The number of likely N-dealkylation sites (tertiary alicyclic amines) is 1. The summed E-state index contributed by atoms with van der Waals surface area (Å²) in [5, 5.41) is 11.5. The number of esters is 1. The third kappa shape index (κ3) is 4.40. The zero-order valence-electron chi connectivity index (χ0n) is 12.1. The van der Waals surface area contributed by atoms with E-state index in [9.17, 15) is 14.4 Å². The number of methoxy groups -OCH3 is 1. The molecule has 2 N–H and O–H groups in total. The number of nitrogens with one attached hydrogen (secondary N) is 1. The molecule has 7 heteroatoms. The van der Waals surface area contributed by atoms with E-state index in [4.69, 9.17) is 5.11 Å². The van der Waals surface area contributed by atoms with Crippen molar-refractivity contribution in [1.82, 2.24) is 10.2 Å². The van der Waals surface area contributed by atoms with Gasteiger partial charge in [-0.05, 0) is 18.8 Å². The van der Waals surface area contributed by atoms with Gasteiger partial charge in [-0.15, -0.1) is 0 Å². The van der Waals surface area contributed by atoms with Crippen molar-refractivity contribution in [3.05, 3.63) is 0 Å². The summed E-state index contributed by atoms with van der Waals surface area (Å²) in [5.41, 5.74) is 0. The molecule has 0 aromatic rings. The number of nitrogens with zero attached hydrogens (tertiary/aromatic N) is 1. The maximum absolute atomic E-state index is 12.0. The van der Waals surface area contributed by atoms with Gasteiger partial charge in [0.1, 0.15) is 6.04 Å². The standard InChI is InChI=1S/C13H22N2O5/c1-8(2)6-10(12(18)20-3)14-13(19)15-5-4-9(7-15)11(16)17/h8-10H,4-7H2,1-3H3,(H,14,19)(H,16,17). The zero-order valence-corrected chi connectivity index (χ0v) is 12.1. The third-order valence-electron chi connectivity index (χ3n) is 3.32. The molecular weight excluding hydrogens is 264 g/mol. The number of amides is 2. The van der Waals surface area contributed by atoms with Crippen molar-refractivity contribution in [2.75, 3.05) is 20.2 Å². The first-order valence-electron chi connectivity index (χ1n) is 6.71. The molecule has 0 spiro atoms. The number of aliphatic carboxylic acids is 1. The molecule has 1 fully saturated rings. The normalized spacial score (nSPS) is 19.8. The van der Waals surface area contributed by atoms with Crippen molar-refractivity contribution in [1.29, 1.82) is 0 Å². The summed E-state index contributed by atoms with van der Waals surface area (Å²) in [5.74, 6) is -1.68. The molecule has 0 radical (unpaired) electrons. The van der Waals surface area contributed by atoms with Crippen molar-refractivity contribution >= 4 is 18.0 Å². The highest BCUT2D eigenvalue weighted by Gasteiger charge is 2.32. The van der Waals surface area contributed by atoms with E-state index in [-0.39, 0.29) is 12.5 Å². The van der Waals surface area contributed by atoms with Crippen LogP contribution < -0.4 is 5.32 Å². The maximum Gasteiger partial charge on any atom is 0.328 e. The van der Waals surface area contributed by atoms with E-state index >= 15 is 0 Å². The van der Waals surface area contributed by atoms with Gasteiger partial charge in [0, 0.05) is 13.1 Å². The fourth-order valence-corrected chi connectivity index (χ4v) is 2.21. The molecule has 0 saturated carbocycles. The molecule has 2 unspecified atom stereocenters. The molecule has 1 saturated heterocycles. The van der Waals surface area contributed by atoms with Crippen LogP contribution in [0.5, 0.6) is 0 Å². The van der Waals surface area contributed by atoms with Crippen LogP contribution in [-0.4, -0.2) is 54.2 Å². The van der Waals surface area contributed by atoms with Gasteiger partial charge in [-0.2, -0.15) is 0 Å². The summed E-state index contributed by atoms with van der Waals surface area (Å²) >= 11 is 0. The van der Waals surface area contributed by atoms with Gasteiger partial charge < -0.3 is 20.1 Å². The van der Waals surface area contributed by atoms with Crippen molar-refractivity contribution in [2.45, 2.75) is 32.7 Å². The molecule has 1 heterocycles. The number of carbonyl (C=O) groups excluding carboxylic acids is 2. The van der Waals surface area contributed by atoms with E-state index in [1.54, 1.807) is 0 Å². The van der Waals surface area contributed by atoms with E-state index in [1.165, 1.54) is 12.0 Å². The number of hydrogen-bond donors (Lipinski definition) is 2. The van der Waals surface area contributed by atoms with Crippen molar-refractivity contribution in [3.63, 3.8) is 0 Å². The summed E-state index contributed by atoms with van der Waals surface area (Å²) < 4.78 is 4.67. The molecule has 1 aliphatic rings. The van der Waals surface area contributed by atoms with Crippen molar-refractivity contribution in [3.8, 4) is 0 Å². The summed E-state index contributed by atoms with van der Waals surface area (Å²) in [4.78, 5) is 35.9. The molecule has 0 bridgehead atoms. The highest BCUT2D eigenvalue weighted by atomic mass is 16.5. The molecule has 2 amide bonds. The fourth-order valence-electron chi connectivity index (χ4n) is 2.21. The van der Waals surface area contributed by atoms with Gasteiger partial charge in [-0.25, -0.2) is 9.59 Å². The Morgan fingerprint density at radius 3 is 2.50 bits per heavy atom. The largest absolute Gasteiger partial charge is 0.481 e. The first kappa shape index (κ1) is 16.3. The van der Waals surface area contributed by atoms with E-state index in [0.717, 1.165) is 0 Å². The molecule has 1 rings (SSSR count). The average molecular weight is 286 g/mol. The second kappa shape index (κ2) is 7.12. The Labute approximate surface area is 118 Å². The summed E-state index contributed by atoms with van der Waals surface area (Å²) in [6.07, 6.45) is 0.921. The Morgan fingerprint density at radius 1 is 1.40 bits per heavy atom. The molecule has 7 nitrogen and oxygen atoms in total. The lowest BCUT2D eigenvalue weighted by Crippen LogP contribution is -2.48. The molecule has 0 aliphatic carbocycles. The fraction of sp³-hybridized carbons (Fsp3) is 0.769. The Morgan fingerprint density at radius 2 is 2.05 bits per heavy atom. The van der Waals surface area contributed by atoms with Crippen LogP contribution in [0.3, 0.4) is 0 Å². The minimum Gasteiger partial charge on any atom is -0.481 e. The predicted molar refractivity (Wildman–Crippen MR) is 71.1 cm³/mol. The second-order valence-corrected chi connectivity index (χ2v) is 5.42. The lowest BCUT2D eigenvalue weighted by molar-refractivity contribution is -0.143. The van der Waals surface area contributed by atoms with E-state index in [2.05, 4.69) is 10.1 Å². The van der Waals surface area contributed by atoms with Gasteiger partial charge in [-0.3, -0.25) is 4.79 Å². The summed E-state index contributed by atoms with van der Waals surface area (Å²) in [6.45, 7) is 4.45. The minimum absolute atomic E-state index is 0.177. The number of rotatable bonds is 5. The van der Waals surface area contributed by atoms with Crippen LogP contribution in [0.25, 0.3) is 0 Å². The summed E-state index contributed by atoms with van der Waals surface area (Å²) in [7, 11) is 1.28. The maximum atomic E-state index is 12.0. The van der Waals surface area contributed by atoms with E-state index in [0.29, 0.717) is 19.4 Å². The van der Waals surface area contributed by atoms with Crippen LogP contribution in [0.1, 0.15) is 26.7 Å². The number of urea groups is 1. The zero-order chi connectivity index (χ0) is 15.3. The highest BCUT2D eigenvalue weighted by molar-refractivity contribution is 5.84. The topological polar surface area (TPSA) is 95.9 Å². The Balaban J connectivity index is 2.58. The van der Waals surface area contributed by atoms with Gasteiger partial charge in [0.25, 0.3) is 0 Å². The Kier molecular flexibility index (Phi) is 5.79. The van der Waals surface area contributed by atoms with Gasteiger partial charge >= 0.3 is 18.0 Å². The van der Waals surface area contributed by atoms with Crippen LogP contribution in [0.2, 0.25) is 0 Å². The highest BCUT2D eigenvalue weighted by Crippen LogP contribution is 2.17. The SMILES string of the molecule is COC(=O)C(CC(C)C)NC(=O)N1CCC(C(=O)O)C1. The Bertz CT molecular complexity index is 383. The summed E-state index contributed by atoms with van der Waals surface area (Å²) in [6, 6.07) is -1.11. The molecule has 2 atom stereocenters. The van der Waals surface area contributed by atoms with Crippen LogP contribution in [0.4, 0.5) is 4.79 Å². The lowest BCUT2D eigenvalue weighted by atomic mass is 10.0. The van der Waals surface area contributed by atoms with Crippen molar-refractivity contribution < 1.29 is 24.2 Å². The molecule has 0 aromatic heterocycles. The third-order valence-corrected chi connectivity index (χ3v) is 3.32. The average Bonchev–Trinajstić information content (AvgIpc) is 2.86. The first-order chi connectivity index (χ1) is 9.35. The molecular formula is C13H22N2O5. The van der Waals surface area contributed by atoms with Crippen LogP contribution in [0.15, 0.2) is 0 Å². The molecule has 114 valence electrons. The van der Waals surface area contributed by atoms with Gasteiger partial charge in [-0.1, -0.05) is 13.8 Å². The first-order valence-corrected chi connectivity index (χ1v) is 6.71. The smallest absolute Gasteiger partial charge is 0.328 e. The van der Waals surface area contributed by atoms with Gasteiger partial charge in [0.15, 0.2) is 0 Å². The predicted octanol–water partition coefficient (Wildman–Crippen LogP) is 0.690. The minimum atomic E-state index is -0.896. The Hall–Kier alpha value is -1.79. The van der Waals surface area contributed by atoms with E-state index in [1.807, 2.05) is 13.8 Å². The molecule has 0 aromatic carbocycles. The van der Waals surface area contributed by atoms with Crippen molar-refractivity contribution in [2.24, 2.45) is 11.8 Å². The van der Waals surface area contributed by atoms with E-state index < -0.39 is 29.9 Å². The lowest BCUT2D eigenvalue weighted by Gasteiger charge is -2.22. The number of carboxylic acids is 1. The molecule has 20 heavy (non-hydrogen) atoms. The monoisotopic (exact) mass is 286 g/mol. The van der Waals surface area contributed by atoms with Crippen LogP contribution in [0, 0.1) is 11.8 Å². The second-order valence-electron chi connectivity index (χ2n) is 5.42. The number of carbonyl (C=O) groups is 3. The molecule has 1 aliphatic heterocycles.